The number of para-hydroxylation sites is 1. The molecule has 1 aromatic rings. The van der Waals surface area contributed by atoms with Crippen molar-refractivity contribution in [3.05, 3.63) is 24.3 Å². The molecule has 2 nitrogen and oxygen atoms in total. The van der Waals surface area contributed by atoms with Gasteiger partial charge in [-0.15, -0.1) is 0 Å². The van der Waals surface area contributed by atoms with Gasteiger partial charge in [0.2, 0.25) is 0 Å². The summed E-state index contributed by atoms with van der Waals surface area (Å²) in [5.74, 6) is -2.37. The van der Waals surface area contributed by atoms with Crippen molar-refractivity contribution in [2.24, 2.45) is 0 Å². The van der Waals surface area contributed by atoms with Gasteiger partial charge in [-0.1, -0.05) is 23.9 Å². The zero-order valence-corrected chi connectivity index (χ0v) is 12.2. The molecule has 2 fully saturated rings. The van der Waals surface area contributed by atoms with Crippen LogP contribution in [0.3, 0.4) is 0 Å². The number of piperidine rings is 1. The van der Waals surface area contributed by atoms with E-state index in [9.17, 15) is 8.78 Å². The summed E-state index contributed by atoms with van der Waals surface area (Å²) in [6.45, 7) is 2.36. The van der Waals surface area contributed by atoms with Gasteiger partial charge in [0.1, 0.15) is 0 Å². The van der Waals surface area contributed by atoms with Crippen molar-refractivity contribution in [3.8, 4) is 0 Å². The highest BCUT2D eigenvalue weighted by Gasteiger charge is 2.31. The Morgan fingerprint density at radius 1 is 1.20 bits per heavy atom. The molecule has 0 radical (unpaired) electrons. The molecule has 0 spiro atoms. The Morgan fingerprint density at radius 2 is 2.05 bits per heavy atom. The van der Waals surface area contributed by atoms with Gasteiger partial charge in [0.05, 0.1) is 0 Å². The summed E-state index contributed by atoms with van der Waals surface area (Å²) < 4.78 is 25.2. The number of hydrogen-bond donors (Lipinski definition) is 1. The van der Waals surface area contributed by atoms with Crippen LogP contribution < -0.4 is 5.32 Å². The molecule has 0 aromatic heterocycles. The van der Waals surface area contributed by atoms with Gasteiger partial charge in [0, 0.05) is 29.2 Å². The molecule has 2 saturated heterocycles. The van der Waals surface area contributed by atoms with Crippen LogP contribution in [0.5, 0.6) is 0 Å². The van der Waals surface area contributed by atoms with Crippen LogP contribution in [0.15, 0.2) is 29.2 Å². The SMILES string of the molecule is FC(F)Sc1ccccc1NC1CCN2CCCC2C1. The molecule has 1 N–H and O–H groups in total. The summed E-state index contributed by atoms with van der Waals surface area (Å²) in [4.78, 5) is 3.22. The van der Waals surface area contributed by atoms with E-state index < -0.39 is 5.76 Å². The Kier molecular flexibility index (Phi) is 4.46. The lowest BCUT2D eigenvalue weighted by Gasteiger charge is -2.35. The Hall–Kier alpha value is -0.810. The van der Waals surface area contributed by atoms with Crippen LogP contribution >= 0.6 is 11.8 Å². The van der Waals surface area contributed by atoms with E-state index in [1.54, 1.807) is 6.07 Å². The van der Waals surface area contributed by atoms with Gasteiger partial charge >= 0.3 is 0 Å². The fourth-order valence-corrected chi connectivity index (χ4v) is 3.96. The summed E-state index contributed by atoms with van der Waals surface area (Å²) in [7, 11) is 0. The number of fused-ring (bicyclic) bond motifs is 1. The average Bonchev–Trinajstić information content (AvgIpc) is 2.88. The highest BCUT2D eigenvalue weighted by atomic mass is 32.2. The van der Waals surface area contributed by atoms with Gasteiger partial charge in [0.15, 0.2) is 0 Å². The lowest BCUT2D eigenvalue weighted by molar-refractivity contribution is 0.188. The van der Waals surface area contributed by atoms with Crippen molar-refractivity contribution < 1.29 is 8.78 Å². The highest BCUT2D eigenvalue weighted by Crippen LogP contribution is 2.34. The number of nitrogens with zero attached hydrogens (tertiary/aromatic N) is 1. The van der Waals surface area contributed by atoms with Gasteiger partial charge in [0.25, 0.3) is 5.76 Å². The van der Waals surface area contributed by atoms with Crippen LogP contribution in [-0.4, -0.2) is 35.8 Å². The Bertz CT molecular complexity index is 455. The summed E-state index contributed by atoms with van der Waals surface area (Å²) in [6, 6.07) is 8.50. The van der Waals surface area contributed by atoms with Gasteiger partial charge in [-0.3, -0.25) is 0 Å². The predicted octanol–water partition coefficient (Wildman–Crippen LogP) is 4.04. The molecular formula is C15H20F2N2S. The number of benzene rings is 1. The largest absolute Gasteiger partial charge is 0.381 e. The first-order chi connectivity index (χ1) is 9.72. The Labute approximate surface area is 122 Å². The van der Waals surface area contributed by atoms with E-state index in [0.717, 1.165) is 25.1 Å². The van der Waals surface area contributed by atoms with E-state index in [1.807, 2.05) is 18.2 Å². The minimum atomic E-state index is -2.37. The van der Waals surface area contributed by atoms with Gasteiger partial charge in [-0.2, -0.15) is 8.78 Å². The molecule has 3 rings (SSSR count). The zero-order valence-electron chi connectivity index (χ0n) is 11.4. The van der Waals surface area contributed by atoms with Crippen molar-refractivity contribution in [3.63, 3.8) is 0 Å². The molecule has 0 amide bonds. The lowest BCUT2D eigenvalue weighted by atomic mass is 9.97. The van der Waals surface area contributed by atoms with Crippen LogP contribution in [0.1, 0.15) is 25.7 Å². The molecule has 2 unspecified atom stereocenters. The lowest BCUT2D eigenvalue weighted by Crippen LogP contribution is -2.42. The van der Waals surface area contributed by atoms with Crippen molar-refractivity contribution in [1.29, 1.82) is 0 Å². The fourth-order valence-electron chi connectivity index (χ4n) is 3.36. The van der Waals surface area contributed by atoms with Crippen LogP contribution in [0.2, 0.25) is 0 Å². The van der Waals surface area contributed by atoms with E-state index in [4.69, 9.17) is 0 Å². The molecule has 2 aliphatic rings. The molecule has 0 aliphatic carbocycles. The molecule has 5 heteroatoms. The molecule has 1 aromatic carbocycles. The smallest absolute Gasteiger partial charge is 0.288 e. The maximum absolute atomic E-state index is 12.6. The summed E-state index contributed by atoms with van der Waals surface area (Å²) in [5, 5.41) is 3.49. The van der Waals surface area contributed by atoms with E-state index in [0.29, 0.717) is 28.7 Å². The topological polar surface area (TPSA) is 15.3 Å². The van der Waals surface area contributed by atoms with Crippen LogP contribution in [-0.2, 0) is 0 Å². The van der Waals surface area contributed by atoms with E-state index in [2.05, 4.69) is 10.2 Å². The molecule has 20 heavy (non-hydrogen) atoms. The molecule has 0 bridgehead atoms. The number of anilines is 1. The quantitative estimate of drug-likeness (QED) is 0.845. The molecular weight excluding hydrogens is 278 g/mol. The Morgan fingerprint density at radius 3 is 2.90 bits per heavy atom. The maximum Gasteiger partial charge on any atom is 0.288 e. The minimum Gasteiger partial charge on any atom is -0.381 e. The highest BCUT2D eigenvalue weighted by molar-refractivity contribution is 7.99. The third-order valence-corrected chi connectivity index (χ3v) is 5.07. The van der Waals surface area contributed by atoms with Gasteiger partial charge in [-0.05, 0) is 44.4 Å². The third kappa shape index (κ3) is 3.26. The molecule has 0 saturated carbocycles. The summed E-state index contributed by atoms with van der Waals surface area (Å²) in [6.07, 6.45) is 4.82. The second-order valence-electron chi connectivity index (χ2n) is 5.57. The average molecular weight is 298 g/mol. The fraction of sp³-hybridized carbons (Fsp3) is 0.600. The van der Waals surface area contributed by atoms with Crippen molar-refractivity contribution >= 4 is 17.4 Å². The number of thioether (sulfide) groups is 1. The van der Waals surface area contributed by atoms with Crippen LogP contribution in [0.25, 0.3) is 0 Å². The van der Waals surface area contributed by atoms with E-state index in [1.165, 1.54) is 19.4 Å². The second kappa shape index (κ2) is 6.31. The first kappa shape index (κ1) is 14.1. The minimum absolute atomic E-state index is 0.411. The van der Waals surface area contributed by atoms with Gasteiger partial charge < -0.3 is 10.2 Å². The van der Waals surface area contributed by atoms with Gasteiger partial charge in [-0.25, -0.2) is 0 Å². The maximum atomic E-state index is 12.6. The number of nitrogens with one attached hydrogen (secondary N) is 1. The molecule has 2 atom stereocenters. The summed E-state index contributed by atoms with van der Waals surface area (Å²) in [5.41, 5.74) is 0.856. The normalized spacial score (nSPS) is 26.8. The van der Waals surface area contributed by atoms with Crippen LogP contribution in [0, 0.1) is 0 Å². The number of rotatable bonds is 4. The van der Waals surface area contributed by atoms with Crippen molar-refractivity contribution in [2.45, 2.75) is 48.4 Å². The van der Waals surface area contributed by atoms with Crippen molar-refractivity contribution in [1.82, 2.24) is 4.90 Å². The summed E-state index contributed by atoms with van der Waals surface area (Å²) >= 11 is 0.627. The number of halogens is 2. The monoisotopic (exact) mass is 298 g/mol. The molecule has 110 valence electrons. The number of hydrogen-bond acceptors (Lipinski definition) is 3. The molecule has 2 aliphatic heterocycles. The third-order valence-electron chi connectivity index (χ3n) is 4.28. The first-order valence-corrected chi connectivity index (χ1v) is 8.15. The Balaban J connectivity index is 1.65. The predicted molar refractivity (Wildman–Crippen MR) is 79.5 cm³/mol. The molecule has 2 heterocycles. The standard InChI is InChI=1S/C15H20F2N2S/c16-15(17)20-14-6-2-1-5-13(14)18-11-7-9-19-8-3-4-12(19)10-11/h1-2,5-6,11-12,15,18H,3-4,7-10H2. The van der Waals surface area contributed by atoms with E-state index in [-0.39, 0.29) is 0 Å². The van der Waals surface area contributed by atoms with Crippen LogP contribution in [0.4, 0.5) is 14.5 Å². The first-order valence-electron chi connectivity index (χ1n) is 7.27. The second-order valence-corrected chi connectivity index (χ2v) is 6.60. The zero-order chi connectivity index (χ0) is 13.9. The van der Waals surface area contributed by atoms with E-state index >= 15 is 0 Å². The van der Waals surface area contributed by atoms with Crippen molar-refractivity contribution in [2.75, 3.05) is 18.4 Å². The number of alkyl halides is 2.